The van der Waals surface area contributed by atoms with Crippen molar-refractivity contribution in [2.45, 2.75) is 322 Å². The van der Waals surface area contributed by atoms with Crippen LogP contribution in [-0.4, -0.2) is 82.3 Å². The highest BCUT2D eigenvalue weighted by atomic mass is 16.7. The van der Waals surface area contributed by atoms with Crippen LogP contribution < -0.4 is 5.11 Å². The van der Waals surface area contributed by atoms with E-state index in [-0.39, 0.29) is 38.6 Å². The minimum absolute atomic E-state index is 0.136. The standard InChI is InChI=1S/C88H145NO8/c1-6-8-10-12-14-16-18-20-22-24-26-28-30-32-34-36-38-40-41-42-43-44-45-47-49-51-53-55-57-59-61-63-65-67-69-71-73-75-77-79-86(91)97-84(83-96-88(87(92)93)94-81-80-89(3,4)5)82-95-85(90)78-76-74-72-70-68-66-64-62-60-58-56-54-52-50-48-46-39-37-35-33-31-29-27-25-23-21-19-17-15-13-11-9-7-2/h8,10,14,16,19-22,25-28,31-34,38,40,42-43,45,47,51,53,57,59,63,65,84,88H,6-7,9,11-13,15,17-18,23-24,29-30,35-37,39,41,44,46,48-50,52,54-56,58,60-62,64,66-83H2,1-5H3/b10-8-,16-14-,21-19-,22-20-,27-25-,28-26-,33-31-,34-32-,40-38-,43-42-,47-45-,53-51-,59-57-,65-63-. The van der Waals surface area contributed by atoms with Crippen LogP contribution in [0.3, 0.4) is 0 Å². The smallest absolute Gasteiger partial charge is 0.306 e. The van der Waals surface area contributed by atoms with Crippen LogP contribution in [0.2, 0.25) is 0 Å². The number of esters is 2. The number of ether oxygens (including phenoxy) is 4. The number of carboxylic acid groups (broad SMARTS) is 1. The second-order valence-electron chi connectivity index (χ2n) is 26.9. The lowest BCUT2D eigenvalue weighted by Gasteiger charge is -2.26. The number of carbonyl (C=O) groups is 3. The van der Waals surface area contributed by atoms with Gasteiger partial charge in [-0.2, -0.15) is 0 Å². The number of carboxylic acids is 1. The predicted molar refractivity (Wildman–Crippen MR) is 416 cm³/mol. The number of allylic oxidation sites excluding steroid dienone is 28. The van der Waals surface area contributed by atoms with Crippen molar-refractivity contribution in [3.05, 3.63) is 170 Å². The van der Waals surface area contributed by atoms with E-state index >= 15 is 0 Å². The van der Waals surface area contributed by atoms with Crippen LogP contribution in [0.25, 0.3) is 0 Å². The number of unbranched alkanes of at least 4 members (excludes halogenated alkanes) is 28. The number of rotatable bonds is 71. The fourth-order valence-electron chi connectivity index (χ4n) is 10.5. The fraction of sp³-hybridized carbons (Fsp3) is 0.648. The quantitative estimate of drug-likeness (QED) is 0.0195. The monoisotopic (exact) mass is 1340 g/mol. The number of nitrogens with zero attached hydrogens (tertiary/aromatic N) is 1. The average molecular weight is 1350 g/mol. The van der Waals surface area contributed by atoms with Crippen molar-refractivity contribution in [3.63, 3.8) is 0 Å². The third-order valence-corrected chi connectivity index (χ3v) is 16.4. The van der Waals surface area contributed by atoms with Crippen LogP contribution in [0.1, 0.15) is 309 Å². The number of aliphatic carboxylic acids is 1. The molecule has 0 heterocycles. The van der Waals surface area contributed by atoms with Crippen molar-refractivity contribution in [1.29, 1.82) is 0 Å². The van der Waals surface area contributed by atoms with E-state index in [2.05, 4.69) is 184 Å². The summed E-state index contributed by atoms with van der Waals surface area (Å²) in [5.41, 5.74) is 0. The van der Waals surface area contributed by atoms with Crippen LogP contribution in [-0.2, 0) is 33.3 Å². The van der Waals surface area contributed by atoms with Gasteiger partial charge in [0, 0.05) is 12.8 Å². The molecule has 0 amide bonds. The van der Waals surface area contributed by atoms with Crippen LogP contribution in [0.5, 0.6) is 0 Å². The molecule has 0 N–H and O–H groups in total. The zero-order valence-electron chi connectivity index (χ0n) is 62.9. The van der Waals surface area contributed by atoms with Gasteiger partial charge >= 0.3 is 11.9 Å². The van der Waals surface area contributed by atoms with Gasteiger partial charge in [0.2, 0.25) is 0 Å². The second kappa shape index (κ2) is 76.4. The minimum Gasteiger partial charge on any atom is -0.545 e. The average Bonchev–Trinajstić information content (AvgIpc) is 2.39. The van der Waals surface area contributed by atoms with Crippen LogP contribution in [0, 0.1) is 0 Å². The first-order valence-corrected chi connectivity index (χ1v) is 39.3. The molecule has 0 aliphatic rings. The normalized spacial score (nSPS) is 13.6. The second-order valence-corrected chi connectivity index (χ2v) is 26.9. The molecule has 9 heteroatoms. The molecule has 0 aromatic carbocycles. The molecule has 550 valence electrons. The van der Waals surface area contributed by atoms with Gasteiger partial charge in [-0.1, -0.05) is 332 Å². The molecule has 0 rings (SSSR count). The zero-order valence-corrected chi connectivity index (χ0v) is 62.9. The Morgan fingerprint density at radius 3 is 0.876 bits per heavy atom. The molecule has 2 atom stereocenters. The lowest BCUT2D eigenvalue weighted by molar-refractivity contribution is -0.870. The van der Waals surface area contributed by atoms with Gasteiger partial charge < -0.3 is 33.3 Å². The van der Waals surface area contributed by atoms with Gasteiger partial charge in [0.15, 0.2) is 12.4 Å². The summed E-state index contributed by atoms with van der Waals surface area (Å²) < 4.78 is 22.8. The molecule has 2 unspecified atom stereocenters. The number of quaternary nitrogens is 1. The summed E-state index contributed by atoms with van der Waals surface area (Å²) in [5, 5.41) is 11.9. The summed E-state index contributed by atoms with van der Waals surface area (Å²) >= 11 is 0. The van der Waals surface area contributed by atoms with Crippen molar-refractivity contribution in [2.24, 2.45) is 0 Å². The largest absolute Gasteiger partial charge is 0.545 e. The molecule has 97 heavy (non-hydrogen) atoms. The molecule has 0 aliphatic heterocycles. The summed E-state index contributed by atoms with van der Waals surface area (Å²) in [6.45, 7) is 4.60. The molecule has 0 saturated carbocycles. The van der Waals surface area contributed by atoms with Crippen LogP contribution in [0.4, 0.5) is 0 Å². The maximum Gasteiger partial charge on any atom is 0.306 e. The predicted octanol–water partition coefficient (Wildman–Crippen LogP) is 24.0. The van der Waals surface area contributed by atoms with Crippen LogP contribution >= 0.6 is 0 Å². The lowest BCUT2D eigenvalue weighted by atomic mass is 10.0. The highest BCUT2D eigenvalue weighted by Gasteiger charge is 2.22. The summed E-state index contributed by atoms with van der Waals surface area (Å²) in [6.07, 6.45) is 112. The Balaban J connectivity index is 4.16. The molecule has 0 aliphatic carbocycles. The molecule has 0 aromatic heterocycles. The summed E-state index contributed by atoms with van der Waals surface area (Å²) in [4.78, 5) is 37.6. The topological polar surface area (TPSA) is 111 Å². The van der Waals surface area contributed by atoms with Gasteiger partial charge in [0.05, 0.1) is 40.3 Å². The Hall–Kier alpha value is -5.35. The van der Waals surface area contributed by atoms with E-state index in [1.807, 2.05) is 21.1 Å². The Morgan fingerprint density at radius 1 is 0.320 bits per heavy atom. The zero-order chi connectivity index (χ0) is 70.4. The fourth-order valence-corrected chi connectivity index (χ4v) is 10.5. The third-order valence-electron chi connectivity index (χ3n) is 16.4. The van der Waals surface area contributed by atoms with Gasteiger partial charge in [-0.25, -0.2) is 0 Å². The van der Waals surface area contributed by atoms with E-state index in [0.717, 1.165) is 135 Å². The lowest BCUT2D eigenvalue weighted by Crippen LogP contribution is -2.44. The van der Waals surface area contributed by atoms with Gasteiger partial charge in [0.25, 0.3) is 0 Å². The molecule has 0 radical (unpaired) electrons. The first-order chi connectivity index (χ1) is 47.6. The van der Waals surface area contributed by atoms with Crippen molar-refractivity contribution >= 4 is 17.9 Å². The molecule has 0 bridgehead atoms. The molecule has 0 saturated heterocycles. The third kappa shape index (κ3) is 77.9. The van der Waals surface area contributed by atoms with Crippen molar-refractivity contribution < 1.29 is 42.9 Å². The van der Waals surface area contributed by atoms with E-state index in [1.165, 1.54) is 141 Å². The van der Waals surface area contributed by atoms with Gasteiger partial charge in [-0.15, -0.1) is 0 Å². The summed E-state index contributed by atoms with van der Waals surface area (Å²) in [6, 6.07) is 0. The SMILES string of the molecule is CC/C=C\C/C=C\C/C=C\C/C=C\C/C=C\C/C=C\C/C=C\C/C=C\C/C=C\C/C=C\C/C=C\CCCCCCCC(=O)OC(COC(=O)CCCCCCCCCCCCCCCCCCCC/C=C\C/C=C\C/C=C\CCCCCCC)COC(OCC[N+](C)(C)C)C(=O)[O-]. The number of hydrogen-bond donors (Lipinski definition) is 0. The summed E-state index contributed by atoms with van der Waals surface area (Å²) in [5.74, 6) is -2.31. The van der Waals surface area contributed by atoms with Gasteiger partial charge in [-0.3, -0.25) is 9.59 Å². The van der Waals surface area contributed by atoms with E-state index < -0.39 is 24.3 Å². The Kier molecular flexibility index (Phi) is 72.2. The van der Waals surface area contributed by atoms with Gasteiger partial charge in [-0.05, 0) is 135 Å². The number of likely N-dealkylation sites (N-methyl/N-ethyl adjacent to an activating group) is 1. The van der Waals surface area contributed by atoms with E-state index in [1.54, 1.807) is 0 Å². The highest BCUT2D eigenvalue weighted by Crippen LogP contribution is 2.17. The van der Waals surface area contributed by atoms with Gasteiger partial charge in [0.1, 0.15) is 13.2 Å². The summed E-state index contributed by atoms with van der Waals surface area (Å²) in [7, 11) is 5.92. The first kappa shape index (κ1) is 91.6. The maximum atomic E-state index is 13.0. The van der Waals surface area contributed by atoms with E-state index in [9.17, 15) is 19.5 Å². The first-order valence-electron chi connectivity index (χ1n) is 39.3. The molecule has 9 nitrogen and oxygen atoms in total. The van der Waals surface area contributed by atoms with E-state index in [0.29, 0.717) is 17.4 Å². The minimum atomic E-state index is -1.64. The Bertz CT molecular complexity index is 2210. The molecular weight excluding hydrogens is 1200 g/mol. The van der Waals surface area contributed by atoms with Crippen molar-refractivity contribution in [2.75, 3.05) is 47.5 Å². The molecule has 0 aromatic rings. The van der Waals surface area contributed by atoms with Crippen molar-refractivity contribution in [1.82, 2.24) is 0 Å². The van der Waals surface area contributed by atoms with Crippen molar-refractivity contribution in [3.8, 4) is 0 Å². The maximum absolute atomic E-state index is 13.0. The van der Waals surface area contributed by atoms with Crippen LogP contribution in [0.15, 0.2) is 170 Å². The number of hydrogen-bond acceptors (Lipinski definition) is 8. The molecule has 0 spiro atoms. The Morgan fingerprint density at radius 2 is 0.588 bits per heavy atom. The Labute approximate surface area is 597 Å². The van der Waals surface area contributed by atoms with E-state index in [4.69, 9.17) is 18.9 Å². The molecular formula is C88H145NO8. The number of carbonyl (C=O) groups excluding carboxylic acids is 3. The highest BCUT2D eigenvalue weighted by molar-refractivity contribution is 5.70. The molecule has 0 fully saturated rings.